The van der Waals surface area contributed by atoms with E-state index < -0.39 is 0 Å². The summed E-state index contributed by atoms with van der Waals surface area (Å²) in [6.07, 6.45) is 1.81. The van der Waals surface area contributed by atoms with Crippen molar-refractivity contribution in [2.24, 2.45) is 0 Å². The second-order valence-corrected chi connectivity index (χ2v) is 7.97. The van der Waals surface area contributed by atoms with Gasteiger partial charge in [0.15, 0.2) is 6.54 Å². The highest BCUT2D eigenvalue weighted by Gasteiger charge is 2.33. The lowest BCUT2D eigenvalue weighted by Gasteiger charge is -2.32. The Bertz CT molecular complexity index is 1040. The minimum absolute atomic E-state index is 0.0806. The Hall–Kier alpha value is -3.03. The second-order valence-electron chi connectivity index (χ2n) is 7.97. The number of halogens is 1. The van der Waals surface area contributed by atoms with Crippen LogP contribution in [0, 0.1) is 5.82 Å². The van der Waals surface area contributed by atoms with Crippen molar-refractivity contribution in [3.05, 3.63) is 66.1 Å². The number of anilines is 1. The van der Waals surface area contributed by atoms with Crippen LogP contribution < -0.4 is 15.1 Å². The van der Waals surface area contributed by atoms with Crippen LogP contribution in [0.3, 0.4) is 0 Å². The Morgan fingerprint density at radius 3 is 2.50 bits per heavy atom. The van der Waals surface area contributed by atoms with E-state index >= 15 is 0 Å². The molecule has 1 amide bonds. The van der Waals surface area contributed by atoms with Gasteiger partial charge in [-0.05, 0) is 37.3 Å². The van der Waals surface area contributed by atoms with E-state index in [1.165, 1.54) is 21.9 Å². The van der Waals surface area contributed by atoms with Gasteiger partial charge in [0, 0.05) is 28.4 Å². The summed E-state index contributed by atoms with van der Waals surface area (Å²) < 4.78 is 13.0. The van der Waals surface area contributed by atoms with Gasteiger partial charge in [0.2, 0.25) is 5.78 Å². The number of carbonyl (C=O) groups is 2. The molecule has 6 nitrogen and oxygen atoms in total. The van der Waals surface area contributed by atoms with Gasteiger partial charge in [0.1, 0.15) is 38.0 Å². The highest BCUT2D eigenvalue weighted by molar-refractivity contribution is 6.09. The number of para-hydroxylation sites is 1. The van der Waals surface area contributed by atoms with E-state index in [1.54, 1.807) is 12.1 Å². The fourth-order valence-electron chi connectivity index (χ4n) is 4.19. The molecule has 4 N–H and O–H groups in total. The van der Waals surface area contributed by atoms with Crippen LogP contribution in [0.5, 0.6) is 0 Å². The Kier molecular flexibility index (Phi) is 5.92. The maximum atomic E-state index is 13.1. The number of carbonyl (C=O) groups excluding carboxylic acids is 2. The fraction of sp³-hybridized carbons (Fsp3) is 0.304. The highest BCUT2D eigenvalue weighted by Crippen LogP contribution is 2.18. The molecule has 3 aromatic rings. The van der Waals surface area contributed by atoms with Gasteiger partial charge >= 0.3 is 0 Å². The number of fused-ring (bicyclic) bond motifs is 1. The van der Waals surface area contributed by atoms with Gasteiger partial charge in [0.25, 0.3) is 5.91 Å². The molecule has 0 aliphatic carbocycles. The first-order valence-corrected chi connectivity index (χ1v) is 10.3. The first-order valence-electron chi connectivity index (χ1n) is 10.3. The number of aromatic amines is 1. The van der Waals surface area contributed by atoms with Gasteiger partial charge in [-0.25, -0.2) is 4.39 Å². The lowest BCUT2D eigenvalue weighted by Crippen LogP contribution is -3.30. The molecule has 0 spiro atoms. The molecule has 1 aromatic heterocycles. The molecule has 7 heteroatoms. The largest absolute Gasteiger partial charge is 0.360 e. The van der Waals surface area contributed by atoms with E-state index in [1.807, 2.05) is 37.4 Å². The molecule has 1 atom stereocenters. The average Bonchev–Trinajstić information content (AvgIpc) is 3.19. The quantitative estimate of drug-likeness (QED) is 0.442. The van der Waals surface area contributed by atoms with E-state index in [9.17, 15) is 14.0 Å². The highest BCUT2D eigenvalue weighted by atomic mass is 19.1. The predicted molar refractivity (Wildman–Crippen MR) is 113 cm³/mol. The van der Waals surface area contributed by atoms with Crippen molar-refractivity contribution in [1.29, 1.82) is 0 Å². The van der Waals surface area contributed by atoms with E-state index in [4.69, 9.17) is 0 Å². The summed E-state index contributed by atoms with van der Waals surface area (Å²) in [6.45, 7) is 5.71. The summed E-state index contributed by atoms with van der Waals surface area (Å²) in [6, 6.07) is 13.5. The van der Waals surface area contributed by atoms with Crippen molar-refractivity contribution in [3.8, 4) is 0 Å². The van der Waals surface area contributed by atoms with Crippen LogP contribution in [0.4, 0.5) is 10.1 Å². The van der Waals surface area contributed by atoms with Crippen molar-refractivity contribution in [3.63, 3.8) is 0 Å². The van der Waals surface area contributed by atoms with Crippen LogP contribution in [-0.4, -0.2) is 55.4 Å². The summed E-state index contributed by atoms with van der Waals surface area (Å²) in [7, 11) is 0. The first-order chi connectivity index (χ1) is 14.5. The molecule has 1 aliphatic rings. The molecule has 1 aliphatic heterocycles. The van der Waals surface area contributed by atoms with E-state index in [-0.39, 0.29) is 23.5 Å². The summed E-state index contributed by atoms with van der Waals surface area (Å²) in [5, 5.41) is 3.78. The van der Waals surface area contributed by atoms with E-state index in [2.05, 4.69) is 10.3 Å². The molecule has 0 unspecified atom stereocenters. The number of piperazine rings is 1. The number of amides is 1. The SMILES string of the molecule is C[C@H](C(=O)c1c[nH]c2ccccc12)[NH+]1CC[NH+](CC(=O)Nc2ccc(F)cc2)CC1. The zero-order valence-electron chi connectivity index (χ0n) is 17.0. The van der Waals surface area contributed by atoms with Gasteiger partial charge in [-0.1, -0.05) is 18.2 Å². The Morgan fingerprint density at radius 1 is 1.07 bits per heavy atom. The predicted octanol–water partition coefficient (Wildman–Crippen LogP) is 0.300. The third kappa shape index (κ3) is 4.42. The third-order valence-corrected chi connectivity index (χ3v) is 6.00. The molecule has 2 aromatic carbocycles. The van der Waals surface area contributed by atoms with Crippen LogP contribution >= 0.6 is 0 Å². The second kappa shape index (κ2) is 8.77. The molecular weight excluding hydrogens is 383 g/mol. The monoisotopic (exact) mass is 410 g/mol. The van der Waals surface area contributed by atoms with Gasteiger partial charge in [-0.15, -0.1) is 0 Å². The van der Waals surface area contributed by atoms with Crippen molar-refractivity contribution < 1.29 is 23.8 Å². The van der Waals surface area contributed by atoms with Crippen molar-refractivity contribution in [2.75, 3.05) is 38.0 Å². The van der Waals surface area contributed by atoms with Gasteiger partial charge in [-0.3, -0.25) is 9.59 Å². The van der Waals surface area contributed by atoms with Crippen molar-refractivity contribution in [1.82, 2.24) is 4.98 Å². The molecule has 0 bridgehead atoms. The summed E-state index contributed by atoms with van der Waals surface area (Å²) in [4.78, 5) is 31.0. The number of hydrogen-bond acceptors (Lipinski definition) is 2. The maximum Gasteiger partial charge on any atom is 0.279 e. The minimum Gasteiger partial charge on any atom is -0.360 e. The van der Waals surface area contributed by atoms with Gasteiger partial charge in [0.05, 0.1) is 0 Å². The lowest BCUT2D eigenvalue weighted by atomic mass is 10.0. The smallest absolute Gasteiger partial charge is 0.279 e. The van der Waals surface area contributed by atoms with Gasteiger partial charge < -0.3 is 20.1 Å². The van der Waals surface area contributed by atoms with E-state index in [0.717, 1.165) is 42.6 Å². The molecule has 4 rings (SSSR count). The maximum absolute atomic E-state index is 13.1. The third-order valence-electron chi connectivity index (χ3n) is 6.00. The molecule has 2 heterocycles. The number of rotatable bonds is 6. The Morgan fingerprint density at radius 2 is 1.77 bits per heavy atom. The lowest BCUT2D eigenvalue weighted by molar-refractivity contribution is -1.01. The van der Waals surface area contributed by atoms with Crippen LogP contribution in [0.1, 0.15) is 17.3 Å². The van der Waals surface area contributed by atoms with Crippen LogP contribution in [0.25, 0.3) is 10.9 Å². The summed E-state index contributed by atoms with van der Waals surface area (Å²) >= 11 is 0. The molecule has 30 heavy (non-hydrogen) atoms. The molecule has 1 fully saturated rings. The average molecular weight is 410 g/mol. The Labute approximate surface area is 174 Å². The van der Waals surface area contributed by atoms with Crippen LogP contribution in [0.15, 0.2) is 54.7 Å². The number of hydrogen-bond donors (Lipinski definition) is 4. The topological polar surface area (TPSA) is 70.8 Å². The summed E-state index contributed by atoms with van der Waals surface area (Å²) in [5.41, 5.74) is 2.33. The minimum atomic E-state index is -0.325. The van der Waals surface area contributed by atoms with Crippen LogP contribution in [-0.2, 0) is 4.79 Å². The van der Waals surface area contributed by atoms with Crippen LogP contribution in [0.2, 0.25) is 0 Å². The van der Waals surface area contributed by atoms with Gasteiger partial charge in [-0.2, -0.15) is 0 Å². The molecular formula is C23H27FN4O2+2. The van der Waals surface area contributed by atoms with E-state index in [0.29, 0.717) is 12.2 Å². The first kappa shape index (κ1) is 20.3. The van der Waals surface area contributed by atoms with Crippen molar-refractivity contribution in [2.45, 2.75) is 13.0 Å². The number of quaternary nitrogens is 2. The number of nitrogens with one attached hydrogen (secondary N) is 4. The fourth-order valence-corrected chi connectivity index (χ4v) is 4.19. The Balaban J connectivity index is 1.30. The number of Topliss-reactive ketones (excluding diaryl/α,β-unsaturated/α-hetero) is 1. The normalized spacial score (nSPS) is 20.1. The number of ketones is 1. The number of aromatic nitrogens is 1. The molecule has 0 saturated carbocycles. The van der Waals surface area contributed by atoms with Crippen molar-refractivity contribution >= 4 is 28.3 Å². The summed E-state index contributed by atoms with van der Waals surface area (Å²) in [5.74, 6) is -0.253. The zero-order chi connectivity index (χ0) is 21.1. The standard InChI is InChI=1S/C23H25FN4O2/c1-16(23(30)20-14-25-21-5-3-2-4-19(20)21)28-12-10-27(11-13-28)15-22(29)26-18-8-6-17(24)7-9-18/h2-9,14,16,25H,10-13,15H2,1H3,(H,26,29)/p+2/t16-/m1/s1. The number of H-pyrrole nitrogens is 1. The zero-order valence-corrected chi connectivity index (χ0v) is 17.0. The number of benzene rings is 2. The molecule has 156 valence electrons. The molecule has 1 saturated heterocycles. The molecule has 0 radical (unpaired) electrons.